The molecular weight excluding hydrogens is 238 g/mol. The number of hydrogen-bond acceptors (Lipinski definition) is 3. The van der Waals surface area contributed by atoms with Crippen LogP contribution >= 0.6 is 0 Å². The smallest absolute Gasteiger partial charge is 0.150 e. The summed E-state index contributed by atoms with van der Waals surface area (Å²) >= 11 is 0. The Balaban J connectivity index is 2.03. The molecule has 19 heavy (non-hydrogen) atoms. The number of hydrogen-bond donors (Lipinski definition) is 0. The molecule has 0 saturated carbocycles. The predicted octanol–water partition coefficient (Wildman–Crippen LogP) is 2.69. The van der Waals surface area contributed by atoms with Gasteiger partial charge in [0.1, 0.15) is 12.1 Å². The Hall–Kier alpha value is -1.68. The number of likely N-dealkylation sites (tertiary alicyclic amines) is 1. The summed E-state index contributed by atoms with van der Waals surface area (Å²) in [6.45, 7) is 5.61. The van der Waals surface area contributed by atoms with Crippen LogP contribution in [0.25, 0.3) is 5.52 Å². The molecule has 3 heterocycles. The Labute approximate surface area is 113 Å². The van der Waals surface area contributed by atoms with E-state index in [4.69, 9.17) is 0 Å². The Morgan fingerprint density at radius 3 is 3.05 bits per heavy atom. The first-order valence-electron chi connectivity index (χ1n) is 6.88. The summed E-state index contributed by atoms with van der Waals surface area (Å²) in [4.78, 5) is 17.9. The van der Waals surface area contributed by atoms with Crippen LogP contribution in [0.4, 0.5) is 0 Å². The second kappa shape index (κ2) is 4.78. The van der Waals surface area contributed by atoms with E-state index in [2.05, 4.69) is 28.1 Å². The lowest BCUT2D eigenvalue weighted by Crippen LogP contribution is -2.31. The molecule has 0 bridgehead atoms. The maximum absolute atomic E-state index is 10.8. The first kappa shape index (κ1) is 12.4. The van der Waals surface area contributed by atoms with Crippen molar-refractivity contribution >= 4 is 11.8 Å². The number of nitrogens with zero attached hydrogens (tertiary/aromatic N) is 3. The van der Waals surface area contributed by atoms with E-state index < -0.39 is 0 Å². The third-order valence-electron chi connectivity index (χ3n) is 3.98. The molecule has 2 aromatic rings. The Kier molecular flexibility index (Phi) is 3.11. The second-order valence-corrected chi connectivity index (χ2v) is 5.48. The second-order valence-electron chi connectivity index (χ2n) is 5.48. The number of carbonyl (C=O) groups excluding carboxylic acids is 1. The maximum atomic E-state index is 10.8. The van der Waals surface area contributed by atoms with E-state index in [1.807, 2.05) is 24.5 Å². The number of aldehydes is 1. The van der Waals surface area contributed by atoms with E-state index in [1.54, 1.807) is 0 Å². The van der Waals surface area contributed by atoms with Gasteiger partial charge in [0.2, 0.25) is 0 Å². The molecule has 1 fully saturated rings. The molecule has 2 aromatic heterocycles. The minimum absolute atomic E-state index is 0.393. The van der Waals surface area contributed by atoms with Gasteiger partial charge >= 0.3 is 0 Å². The first-order valence-corrected chi connectivity index (χ1v) is 6.88. The maximum Gasteiger partial charge on any atom is 0.150 e. The third-order valence-corrected chi connectivity index (χ3v) is 3.98. The molecule has 0 N–H and O–H groups in total. The van der Waals surface area contributed by atoms with Crippen LogP contribution in [-0.4, -0.2) is 33.2 Å². The summed E-state index contributed by atoms with van der Waals surface area (Å²) < 4.78 is 2.11. The van der Waals surface area contributed by atoms with Gasteiger partial charge in [0, 0.05) is 17.8 Å². The number of pyridine rings is 1. The fraction of sp³-hybridized carbons (Fsp3) is 0.467. The third kappa shape index (κ3) is 2.06. The van der Waals surface area contributed by atoms with Crippen molar-refractivity contribution in [2.75, 3.05) is 6.54 Å². The van der Waals surface area contributed by atoms with E-state index in [0.717, 1.165) is 30.6 Å². The highest BCUT2D eigenvalue weighted by molar-refractivity contribution is 5.77. The fourth-order valence-corrected chi connectivity index (χ4v) is 3.04. The van der Waals surface area contributed by atoms with Gasteiger partial charge in [-0.3, -0.25) is 9.69 Å². The van der Waals surface area contributed by atoms with Gasteiger partial charge in [-0.2, -0.15) is 0 Å². The van der Waals surface area contributed by atoms with Crippen molar-refractivity contribution in [3.63, 3.8) is 0 Å². The van der Waals surface area contributed by atoms with E-state index in [1.165, 1.54) is 6.42 Å². The lowest BCUT2D eigenvalue weighted by Gasteiger charge is -2.27. The van der Waals surface area contributed by atoms with Gasteiger partial charge in [0.25, 0.3) is 0 Å². The van der Waals surface area contributed by atoms with Crippen LogP contribution in [0.2, 0.25) is 0 Å². The minimum atomic E-state index is 0.393. The molecule has 4 nitrogen and oxygen atoms in total. The zero-order valence-corrected chi connectivity index (χ0v) is 11.4. The van der Waals surface area contributed by atoms with Crippen LogP contribution in [0.15, 0.2) is 24.5 Å². The minimum Gasteiger partial charge on any atom is -0.302 e. The fourth-order valence-electron chi connectivity index (χ4n) is 3.04. The van der Waals surface area contributed by atoms with Crippen molar-refractivity contribution in [3.8, 4) is 0 Å². The molecule has 1 aliphatic rings. The van der Waals surface area contributed by atoms with E-state index in [-0.39, 0.29) is 0 Å². The number of carbonyl (C=O) groups is 1. The number of rotatable bonds is 3. The van der Waals surface area contributed by atoms with Crippen molar-refractivity contribution in [1.82, 2.24) is 14.3 Å². The van der Waals surface area contributed by atoms with Gasteiger partial charge < -0.3 is 4.40 Å². The molecule has 0 spiro atoms. The van der Waals surface area contributed by atoms with Crippen LogP contribution in [0.1, 0.15) is 48.9 Å². The molecule has 0 aliphatic carbocycles. The Morgan fingerprint density at radius 1 is 1.47 bits per heavy atom. The van der Waals surface area contributed by atoms with Crippen LogP contribution in [0.3, 0.4) is 0 Å². The quantitative estimate of drug-likeness (QED) is 0.793. The van der Waals surface area contributed by atoms with Crippen molar-refractivity contribution in [1.29, 1.82) is 0 Å². The molecule has 4 heteroatoms. The molecule has 0 aromatic carbocycles. The summed E-state index contributed by atoms with van der Waals surface area (Å²) in [5, 5.41) is 0. The van der Waals surface area contributed by atoms with Gasteiger partial charge in [0.15, 0.2) is 0 Å². The highest BCUT2D eigenvalue weighted by Gasteiger charge is 2.30. The first-order chi connectivity index (χ1) is 9.20. The standard InChI is InChI=1S/C15H19N3O/c1-11(2)17-6-3-4-14(17)15-16-9-13-8-12(10-19)5-7-18(13)15/h5,7-11,14H,3-4,6H2,1-2H3. The highest BCUT2D eigenvalue weighted by atomic mass is 16.1. The average Bonchev–Trinajstić information content (AvgIpc) is 3.03. The number of fused-ring (bicyclic) bond motifs is 1. The lowest BCUT2D eigenvalue weighted by atomic mass is 10.2. The normalized spacial score (nSPS) is 20.5. The number of aromatic nitrogens is 2. The van der Waals surface area contributed by atoms with Crippen molar-refractivity contribution in [3.05, 3.63) is 35.9 Å². The van der Waals surface area contributed by atoms with Crippen LogP contribution < -0.4 is 0 Å². The zero-order valence-electron chi connectivity index (χ0n) is 11.4. The van der Waals surface area contributed by atoms with Gasteiger partial charge in [-0.1, -0.05) is 0 Å². The lowest BCUT2D eigenvalue weighted by molar-refractivity contribution is 0.112. The van der Waals surface area contributed by atoms with Crippen LogP contribution in [-0.2, 0) is 0 Å². The van der Waals surface area contributed by atoms with Crippen molar-refractivity contribution in [2.45, 2.75) is 38.8 Å². The topological polar surface area (TPSA) is 37.6 Å². The molecule has 1 unspecified atom stereocenters. The van der Waals surface area contributed by atoms with Crippen molar-refractivity contribution in [2.24, 2.45) is 0 Å². The predicted molar refractivity (Wildman–Crippen MR) is 74.4 cm³/mol. The van der Waals surface area contributed by atoms with E-state index in [9.17, 15) is 4.79 Å². The van der Waals surface area contributed by atoms with E-state index >= 15 is 0 Å². The Morgan fingerprint density at radius 2 is 2.32 bits per heavy atom. The van der Waals surface area contributed by atoms with Crippen LogP contribution in [0, 0.1) is 0 Å². The van der Waals surface area contributed by atoms with E-state index in [0.29, 0.717) is 17.6 Å². The molecule has 1 aliphatic heterocycles. The van der Waals surface area contributed by atoms with Crippen LogP contribution in [0.5, 0.6) is 0 Å². The number of imidazole rings is 1. The molecule has 100 valence electrons. The highest BCUT2D eigenvalue weighted by Crippen LogP contribution is 2.33. The van der Waals surface area contributed by atoms with Gasteiger partial charge in [0.05, 0.1) is 17.8 Å². The summed E-state index contributed by atoms with van der Waals surface area (Å²) in [5.74, 6) is 1.10. The Bertz CT molecular complexity index is 602. The average molecular weight is 257 g/mol. The van der Waals surface area contributed by atoms with Gasteiger partial charge in [-0.25, -0.2) is 4.98 Å². The summed E-state index contributed by atoms with van der Waals surface area (Å²) in [6, 6.07) is 4.66. The molecule has 1 saturated heterocycles. The van der Waals surface area contributed by atoms with Gasteiger partial charge in [-0.05, 0) is 45.4 Å². The molecule has 0 amide bonds. The SMILES string of the molecule is CC(C)N1CCCC1c1ncc2cc(C=O)ccn12. The molecular formula is C15H19N3O. The molecule has 3 rings (SSSR count). The zero-order chi connectivity index (χ0) is 13.4. The monoisotopic (exact) mass is 257 g/mol. The van der Waals surface area contributed by atoms with Gasteiger partial charge in [-0.15, -0.1) is 0 Å². The molecule has 1 atom stereocenters. The summed E-state index contributed by atoms with van der Waals surface area (Å²) in [5.41, 5.74) is 1.70. The summed E-state index contributed by atoms with van der Waals surface area (Å²) in [6.07, 6.45) is 7.08. The summed E-state index contributed by atoms with van der Waals surface area (Å²) in [7, 11) is 0. The largest absolute Gasteiger partial charge is 0.302 e. The van der Waals surface area contributed by atoms with Crippen molar-refractivity contribution < 1.29 is 4.79 Å². The molecule has 0 radical (unpaired) electrons.